The molecule has 0 spiro atoms. The fourth-order valence-corrected chi connectivity index (χ4v) is 1.48. The van der Waals surface area contributed by atoms with Crippen LogP contribution in [0.3, 0.4) is 0 Å². The lowest BCUT2D eigenvalue weighted by molar-refractivity contribution is -0.123. The van der Waals surface area contributed by atoms with Crippen LogP contribution < -0.4 is 11.1 Å². The Morgan fingerprint density at radius 3 is 2.35 bits per heavy atom. The second-order valence-electron chi connectivity index (χ2n) is 4.11. The maximum Gasteiger partial charge on any atom is 0.237 e. The first-order valence-corrected chi connectivity index (χ1v) is 6.07. The highest BCUT2D eigenvalue weighted by Gasteiger charge is 2.16. The highest BCUT2D eigenvalue weighted by atomic mass is 79.9. The fraction of sp³-hybridized carbons (Fsp3) is 0.417. The van der Waals surface area contributed by atoms with E-state index < -0.39 is 6.04 Å². The molecule has 1 amide bonds. The maximum atomic E-state index is 11.6. The van der Waals surface area contributed by atoms with E-state index in [1.54, 1.807) is 0 Å². The van der Waals surface area contributed by atoms with Gasteiger partial charge in [0, 0.05) is 11.0 Å². The van der Waals surface area contributed by atoms with Gasteiger partial charge in [0.2, 0.25) is 5.91 Å². The molecule has 17 heavy (non-hydrogen) atoms. The van der Waals surface area contributed by atoms with E-state index in [1.165, 1.54) is 0 Å². The van der Waals surface area contributed by atoms with E-state index in [2.05, 4.69) is 21.2 Å². The average molecular weight is 322 g/mol. The number of carbonyl (C=O) groups excluding carboxylic acids is 1. The molecule has 0 aliphatic heterocycles. The molecular formula is C12H18BrClN2O. The molecule has 1 unspecified atom stereocenters. The van der Waals surface area contributed by atoms with E-state index in [1.807, 2.05) is 38.1 Å². The zero-order valence-electron chi connectivity index (χ0n) is 9.94. The molecular weight excluding hydrogens is 304 g/mol. The van der Waals surface area contributed by atoms with Crippen molar-refractivity contribution in [2.24, 2.45) is 11.7 Å². The van der Waals surface area contributed by atoms with Crippen molar-refractivity contribution in [3.05, 3.63) is 34.3 Å². The summed E-state index contributed by atoms with van der Waals surface area (Å²) in [7, 11) is 0. The van der Waals surface area contributed by atoms with Crippen LogP contribution in [0.5, 0.6) is 0 Å². The van der Waals surface area contributed by atoms with Crippen LogP contribution in [0.1, 0.15) is 19.4 Å². The van der Waals surface area contributed by atoms with Gasteiger partial charge in [-0.15, -0.1) is 12.4 Å². The van der Waals surface area contributed by atoms with Gasteiger partial charge in [-0.25, -0.2) is 0 Å². The molecule has 96 valence electrons. The van der Waals surface area contributed by atoms with Crippen molar-refractivity contribution in [2.45, 2.75) is 26.4 Å². The minimum Gasteiger partial charge on any atom is -0.351 e. The first kappa shape index (κ1) is 16.4. The van der Waals surface area contributed by atoms with Crippen molar-refractivity contribution >= 4 is 34.2 Å². The lowest BCUT2D eigenvalue weighted by atomic mass is 10.0. The third-order valence-corrected chi connectivity index (χ3v) is 2.93. The average Bonchev–Trinajstić information content (AvgIpc) is 2.26. The highest BCUT2D eigenvalue weighted by Crippen LogP contribution is 2.10. The van der Waals surface area contributed by atoms with E-state index in [-0.39, 0.29) is 24.2 Å². The molecule has 0 saturated carbocycles. The predicted octanol–water partition coefficient (Wildman–Crippen LogP) is 2.47. The molecule has 0 fully saturated rings. The van der Waals surface area contributed by atoms with Crippen LogP contribution in [0.25, 0.3) is 0 Å². The third kappa shape index (κ3) is 5.52. The van der Waals surface area contributed by atoms with Crippen LogP contribution in [-0.4, -0.2) is 11.9 Å². The Morgan fingerprint density at radius 1 is 1.35 bits per heavy atom. The summed E-state index contributed by atoms with van der Waals surface area (Å²) >= 11 is 3.36. The standard InChI is InChI=1S/C12H17BrN2O.ClH/c1-8(2)11(14)12(16)15-7-9-3-5-10(13)6-4-9;/h3-6,8,11H,7,14H2,1-2H3,(H,15,16);1H. The van der Waals surface area contributed by atoms with Crippen molar-refractivity contribution in [1.29, 1.82) is 0 Å². The molecule has 0 aliphatic carbocycles. The topological polar surface area (TPSA) is 55.1 Å². The third-order valence-electron chi connectivity index (χ3n) is 2.40. The Bertz CT molecular complexity index is 354. The minimum atomic E-state index is -0.435. The summed E-state index contributed by atoms with van der Waals surface area (Å²) in [6.45, 7) is 4.39. The predicted molar refractivity (Wildman–Crippen MR) is 76.1 cm³/mol. The molecule has 0 bridgehead atoms. The number of rotatable bonds is 4. The molecule has 0 saturated heterocycles. The number of halogens is 2. The molecule has 0 aromatic heterocycles. The van der Waals surface area contributed by atoms with Crippen LogP contribution >= 0.6 is 28.3 Å². The lowest BCUT2D eigenvalue weighted by Crippen LogP contribution is -2.43. The van der Waals surface area contributed by atoms with E-state index in [0.29, 0.717) is 6.54 Å². The first-order chi connectivity index (χ1) is 7.50. The summed E-state index contributed by atoms with van der Waals surface area (Å²) < 4.78 is 1.03. The van der Waals surface area contributed by atoms with E-state index in [4.69, 9.17) is 5.73 Å². The Hall–Kier alpha value is -0.580. The molecule has 0 radical (unpaired) electrons. The van der Waals surface area contributed by atoms with Crippen molar-refractivity contribution in [2.75, 3.05) is 0 Å². The molecule has 5 heteroatoms. The Labute approximate surface area is 117 Å². The minimum absolute atomic E-state index is 0. The first-order valence-electron chi connectivity index (χ1n) is 5.28. The number of nitrogens with one attached hydrogen (secondary N) is 1. The summed E-state index contributed by atoms with van der Waals surface area (Å²) in [4.78, 5) is 11.6. The van der Waals surface area contributed by atoms with Crippen molar-refractivity contribution in [3.8, 4) is 0 Å². The van der Waals surface area contributed by atoms with Crippen molar-refractivity contribution in [1.82, 2.24) is 5.32 Å². The normalized spacial score (nSPS) is 11.8. The largest absolute Gasteiger partial charge is 0.351 e. The second-order valence-corrected chi connectivity index (χ2v) is 5.03. The summed E-state index contributed by atoms with van der Waals surface area (Å²) in [6.07, 6.45) is 0. The monoisotopic (exact) mass is 320 g/mol. The lowest BCUT2D eigenvalue weighted by Gasteiger charge is -2.15. The number of carbonyl (C=O) groups is 1. The molecule has 1 aromatic carbocycles. The molecule has 0 aliphatic rings. The summed E-state index contributed by atoms with van der Waals surface area (Å²) in [5.74, 6) is 0.0582. The summed E-state index contributed by atoms with van der Waals surface area (Å²) in [6, 6.07) is 7.39. The van der Waals surface area contributed by atoms with Crippen molar-refractivity contribution in [3.63, 3.8) is 0 Å². The molecule has 3 nitrogen and oxygen atoms in total. The SMILES string of the molecule is CC(C)C(N)C(=O)NCc1ccc(Br)cc1.Cl. The van der Waals surface area contributed by atoms with Gasteiger partial charge in [0.05, 0.1) is 6.04 Å². The van der Waals surface area contributed by atoms with Crippen LogP contribution in [0.2, 0.25) is 0 Å². The number of hydrogen-bond acceptors (Lipinski definition) is 2. The molecule has 0 heterocycles. The second kappa shape index (κ2) is 7.69. The van der Waals surface area contributed by atoms with Gasteiger partial charge in [-0.1, -0.05) is 41.9 Å². The zero-order valence-corrected chi connectivity index (χ0v) is 12.3. The van der Waals surface area contributed by atoms with Gasteiger partial charge < -0.3 is 11.1 Å². The van der Waals surface area contributed by atoms with Crippen LogP contribution in [0, 0.1) is 5.92 Å². The Balaban J connectivity index is 0.00000256. The van der Waals surface area contributed by atoms with Gasteiger partial charge in [0.25, 0.3) is 0 Å². The molecule has 1 aromatic rings. The maximum absolute atomic E-state index is 11.6. The van der Waals surface area contributed by atoms with Crippen LogP contribution in [-0.2, 0) is 11.3 Å². The van der Waals surface area contributed by atoms with Crippen LogP contribution in [0.15, 0.2) is 28.7 Å². The smallest absolute Gasteiger partial charge is 0.237 e. The molecule has 1 atom stereocenters. The molecule has 1 rings (SSSR count). The fourth-order valence-electron chi connectivity index (χ4n) is 1.21. The summed E-state index contributed by atoms with van der Waals surface area (Å²) in [5.41, 5.74) is 6.79. The number of hydrogen-bond donors (Lipinski definition) is 2. The zero-order chi connectivity index (χ0) is 12.1. The van der Waals surface area contributed by atoms with Gasteiger partial charge in [-0.2, -0.15) is 0 Å². The Morgan fingerprint density at radius 2 is 1.88 bits per heavy atom. The van der Waals surface area contributed by atoms with Gasteiger partial charge in [0.15, 0.2) is 0 Å². The number of benzene rings is 1. The van der Waals surface area contributed by atoms with Crippen molar-refractivity contribution < 1.29 is 4.79 Å². The van der Waals surface area contributed by atoms with Crippen LogP contribution in [0.4, 0.5) is 0 Å². The summed E-state index contributed by atoms with van der Waals surface area (Å²) in [5, 5.41) is 2.82. The number of nitrogens with two attached hydrogens (primary N) is 1. The van der Waals surface area contributed by atoms with Gasteiger partial charge in [0.1, 0.15) is 0 Å². The number of amides is 1. The van der Waals surface area contributed by atoms with Gasteiger partial charge in [-0.05, 0) is 23.6 Å². The van der Waals surface area contributed by atoms with Gasteiger partial charge >= 0.3 is 0 Å². The highest BCUT2D eigenvalue weighted by molar-refractivity contribution is 9.10. The van der Waals surface area contributed by atoms with E-state index in [0.717, 1.165) is 10.0 Å². The molecule has 3 N–H and O–H groups in total. The van der Waals surface area contributed by atoms with Gasteiger partial charge in [-0.3, -0.25) is 4.79 Å². The quantitative estimate of drug-likeness (QED) is 0.895. The van der Waals surface area contributed by atoms with E-state index >= 15 is 0 Å². The van der Waals surface area contributed by atoms with E-state index in [9.17, 15) is 4.79 Å². The Kier molecular flexibility index (Phi) is 7.43.